The van der Waals surface area contributed by atoms with Gasteiger partial charge in [-0.05, 0) is 44.7 Å². The molecule has 1 unspecified atom stereocenters. The van der Waals surface area contributed by atoms with Crippen molar-refractivity contribution >= 4 is 18.3 Å². The van der Waals surface area contributed by atoms with Crippen LogP contribution in [0.25, 0.3) is 0 Å². The van der Waals surface area contributed by atoms with Gasteiger partial charge in [-0.3, -0.25) is 4.79 Å². The van der Waals surface area contributed by atoms with Crippen LogP contribution in [0.3, 0.4) is 0 Å². The fourth-order valence-corrected chi connectivity index (χ4v) is 2.35. The van der Waals surface area contributed by atoms with Gasteiger partial charge in [0.15, 0.2) is 0 Å². The molecule has 1 aliphatic rings. The highest BCUT2D eigenvalue weighted by Gasteiger charge is 2.21. The first-order valence-corrected chi connectivity index (χ1v) is 6.79. The minimum absolute atomic E-state index is 0. The summed E-state index contributed by atoms with van der Waals surface area (Å²) in [6.07, 6.45) is 3.05. The number of carbonyl (C=O) groups is 1. The number of piperidine rings is 1. The molecule has 0 aliphatic carbocycles. The molecule has 1 heterocycles. The molecular weight excluding hydrogens is 252 g/mol. The van der Waals surface area contributed by atoms with Gasteiger partial charge in [-0.2, -0.15) is 0 Å². The molecule has 108 valence electrons. The van der Waals surface area contributed by atoms with Crippen LogP contribution in [0, 0.1) is 11.8 Å². The highest BCUT2D eigenvalue weighted by Crippen LogP contribution is 2.23. The average molecular weight is 279 g/mol. The van der Waals surface area contributed by atoms with E-state index in [4.69, 9.17) is 4.74 Å². The van der Waals surface area contributed by atoms with Gasteiger partial charge >= 0.3 is 0 Å². The Labute approximate surface area is 117 Å². The molecule has 18 heavy (non-hydrogen) atoms. The zero-order valence-corrected chi connectivity index (χ0v) is 12.4. The van der Waals surface area contributed by atoms with Crippen LogP contribution >= 0.6 is 12.4 Å². The van der Waals surface area contributed by atoms with Crippen LogP contribution in [0.5, 0.6) is 0 Å². The van der Waals surface area contributed by atoms with Crippen molar-refractivity contribution < 1.29 is 9.53 Å². The highest BCUT2D eigenvalue weighted by atomic mass is 35.5. The molecule has 0 aromatic carbocycles. The minimum Gasteiger partial charge on any atom is -0.380 e. The first-order chi connectivity index (χ1) is 8.24. The van der Waals surface area contributed by atoms with E-state index in [0.29, 0.717) is 38.0 Å². The summed E-state index contributed by atoms with van der Waals surface area (Å²) in [6.45, 7) is 8.30. The van der Waals surface area contributed by atoms with E-state index in [1.54, 1.807) is 0 Å². The molecule has 1 amide bonds. The summed E-state index contributed by atoms with van der Waals surface area (Å²) in [7, 11) is 0. The lowest BCUT2D eigenvalue weighted by atomic mass is 9.84. The van der Waals surface area contributed by atoms with Crippen molar-refractivity contribution in [3.8, 4) is 0 Å². The Morgan fingerprint density at radius 2 is 2.11 bits per heavy atom. The van der Waals surface area contributed by atoms with E-state index in [-0.39, 0.29) is 18.3 Å². The molecular formula is C13H27ClN2O2. The smallest absolute Gasteiger partial charge is 0.220 e. The summed E-state index contributed by atoms with van der Waals surface area (Å²) >= 11 is 0. The van der Waals surface area contributed by atoms with Gasteiger partial charge in [0.05, 0.1) is 6.61 Å². The highest BCUT2D eigenvalue weighted by molar-refractivity contribution is 5.85. The van der Waals surface area contributed by atoms with Crippen molar-refractivity contribution in [2.24, 2.45) is 11.8 Å². The Morgan fingerprint density at radius 3 is 2.72 bits per heavy atom. The largest absolute Gasteiger partial charge is 0.380 e. The molecule has 1 atom stereocenters. The van der Waals surface area contributed by atoms with Crippen LogP contribution in [0.15, 0.2) is 0 Å². The zero-order valence-electron chi connectivity index (χ0n) is 11.5. The number of ether oxygens (including phenoxy) is 1. The molecule has 1 saturated heterocycles. The summed E-state index contributed by atoms with van der Waals surface area (Å²) in [4.78, 5) is 11.7. The second-order valence-corrected chi connectivity index (χ2v) is 4.82. The molecule has 0 saturated carbocycles. The quantitative estimate of drug-likeness (QED) is 0.696. The van der Waals surface area contributed by atoms with Crippen LogP contribution < -0.4 is 10.6 Å². The Bertz CT molecular complexity index is 221. The van der Waals surface area contributed by atoms with Gasteiger partial charge in [-0.25, -0.2) is 0 Å². The van der Waals surface area contributed by atoms with Crippen LogP contribution in [-0.4, -0.2) is 38.8 Å². The molecule has 0 radical (unpaired) electrons. The van der Waals surface area contributed by atoms with Gasteiger partial charge in [-0.1, -0.05) is 6.92 Å². The van der Waals surface area contributed by atoms with Crippen molar-refractivity contribution in [3.63, 3.8) is 0 Å². The first kappa shape index (κ1) is 17.7. The number of amides is 1. The molecule has 0 spiro atoms. The molecule has 0 bridgehead atoms. The summed E-state index contributed by atoms with van der Waals surface area (Å²) in [5.74, 6) is 1.36. The summed E-state index contributed by atoms with van der Waals surface area (Å²) in [6, 6.07) is 0. The van der Waals surface area contributed by atoms with Gasteiger partial charge in [0.2, 0.25) is 5.91 Å². The van der Waals surface area contributed by atoms with Crippen molar-refractivity contribution in [2.75, 3.05) is 32.8 Å². The lowest BCUT2D eigenvalue weighted by Crippen LogP contribution is -2.34. The fraction of sp³-hybridized carbons (Fsp3) is 0.923. The van der Waals surface area contributed by atoms with Gasteiger partial charge in [0.25, 0.3) is 0 Å². The normalized spacial score (nSPS) is 17.9. The SMILES string of the molecule is CCOCCNC(=O)CC(C)C1CCNCC1.Cl. The third-order valence-electron chi connectivity index (χ3n) is 3.47. The lowest BCUT2D eigenvalue weighted by molar-refractivity contribution is -0.122. The second kappa shape index (κ2) is 10.6. The Morgan fingerprint density at radius 1 is 1.44 bits per heavy atom. The van der Waals surface area contributed by atoms with Crippen LogP contribution in [0.4, 0.5) is 0 Å². The summed E-state index contributed by atoms with van der Waals surface area (Å²) < 4.78 is 5.18. The maximum atomic E-state index is 11.7. The minimum atomic E-state index is 0. The van der Waals surface area contributed by atoms with E-state index >= 15 is 0 Å². The lowest BCUT2D eigenvalue weighted by Gasteiger charge is -2.27. The predicted octanol–water partition coefficient (Wildman–Crippen LogP) is 1.59. The standard InChI is InChI=1S/C13H26N2O2.ClH/c1-3-17-9-8-15-13(16)10-11(2)12-4-6-14-7-5-12;/h11-12,14H,3-10H2,1-2H3,(H,15,16);1H. The fourth-order valence-electron chi connectivity index (χ4n) is 2.35. The van der Waals surface area contributed by atoms with Crippen LogP contribution in [0.2, 0.25) is 0 Å². The third-order valence-corrected chi connectivity index (χ3v) is 3.47. The van der Waals surface area contributed by atoms with Crippen LogP contribution in [-0.2, 0) is 9.53 Å². The Hall–Kier alpha value is -0.320. The number of nitrogens with one attached hydrogen (secondary N) is 2. The van der Waals surface area contributed by atoms with E-state index < -0.39 is 0 Å². The van der Waals surface area contributed by atoms with Crippen molar-refractivity contribution in [1.82, 2.24) is 10.6 Å². The van der Waals surface area contributed by atoms with E-state index in [0.717, 1.165) is 13.1 Å². The van der Waals surface area contributed by atoms with Crippen molar-refractivity contribution in [1.29, 1.82) is 0 Å². The Kier molecular flexibility index (Phi) is 10.4. The number of rotatable bonds is 7. The molecule has 2 N–H and O–H groups in total. The number of carbonyl (C=O) groups excluding carboxylic acids is 1. The Balaban J connectivity index is 0.00000289. The van der Waals surface area contributed by atoms with Gasteiger partial charge < -0.3 is 15.4 Å². The van der Waals surface area contributed by atoms with Crippen molar-refractivity contribution in [2.45, 2.75) is 33.1 Å². The van der Waals surface area contributed by atoms with Crippen LogP contribution in [0.1, 0.15) is 33.1 Å². The van der Waals surface area contributed by atoms with E-state index in [1.807, 2.05) is 6.92 Å². The zero-order chi connectivity index (χ0) is 12.5. The molecule has 0 aromatic heterocycles. The van der Waals surface area contributed by atoms with E-state index in [9.17, 15) is 4.79 Å². The molecule has 1 aliphatic heterocycles. The molecule has 1 fully saturated rings. The number of hydrogen-bond donors (Lipinski definition) is 2. The van der Waals surface area contributed by atoms with E-state index in [2.05, 4.69) is 17.6 Å². The molecule has 1 rings (SSSR count). The molecule has 4 nitrogen and oxygen atoms in total. The topological polar surface area (TPSA) is 50.4 Å². The molecule has 5 heteroatoms. The van der Waals surface area contributed by atoms with Gasteiger partial charge in [0, 0.05) is 19.6 Å². The molecule has 0 aromatic rings. The number of halogens is 1. The van der Waals surface area contributed by atoms with Crippen molar-refractivity contribution in [3.05, 3.63) is 0 Å². The van der Waals surface area contributed by atoms with E-state index in [1.165, 1.54) is 12.8 Å². The summed E-state index contributed by atoms with van der Waals surface area (Å²) in [5.41, 5.74) is 0. The van der Waals surface area contributed by atoms with Gasteiger partial charge in [0.1, 0.15) is 0 Å². The monoisotopic (exact) mass is 278 g/mol. The number of hydrogen-bond acceptors (Lipinski definition) is 3. The maximum Gasteiger partial charge on any atom is 0.220 e. The average Bonchev–Trinajstić information content (AvgIpc) is 2.36. The first-order valence-electron chi connectivity index (χ1n) is 6.79. The predicted molar refractivity (Wildman–Crippen MR) is 76.1 cm³/mol. The third kappa shape index (κ3) is 7.19. The summed E-state index contributed by atoms with van der Waals surface area (Å²) in [5, 5.41) is 6.26. The van der Waals surface area contributed by atoms with Gasteiger partial charge in [-0.15, -0.1) is 12.4 Å². The second-order valence-electron chi connectivity index (χ2n) is 4.82. The maximum absolute atomic E-state index is 11.7.